The van der Waals surface area contributed by atoms with Gasteiger partial charge >= 0.3 is 0 Å². The lowest BCUT2D eigenvalue weighted by molar-refractivity contribution is 0.0653. The zero-order valence-corrected chi connectivity index (χ0v) is 13.4. The first-order chi connectivity index (χ1) is 9.35. The molecule has 1 N–H and O–H groups in total. The van der Waals surface area contributed by atoms with Gasteiger partial charge in [-0.15, -0.1) is 0 Å². The Morgan fingerprint density at radius 3 is 2.32 bits per heavy atom. The molecule has 19 heavy (non-hydrogen) atoms. The lowest BCUT2D eigenvalue weighted by Gasteiger charge is -2.18. The van der Waals surface area contributed by atoms with Gasteiger partial charge in [-0.05, 0) is 25.8 Å². The number of ether oxygens (including phenoxy) is 2. The van der Waals surface area contributed by atoms with Crippen LogP contribution in [0.1, 0.15) is 65.2 Å². The molecule has 0 aliphatic carbocycles. The van der Waals surface area contributed by atoms with Gasteiger partial charge in [-0.2, -0.15) is 0 Å². The molecule has 1 atom stereocenters. The molecule has 116 valence electrons. The van der Waals surface area contributed by atoms with E-state index in [1.54, 1.807) is 7.11 Å². The quantitative estimate of drug-likeness (QED) is 0.461. The molecule has 0 aliphatic rings. The van der Waals surface area contributed by atoms with Crippen molar-refractivity contribution in [2.75, 3.05) is 33.5 Å². The van der Waals surface area contributed by atoms with Crippen molar-refractivity contribution in [3.63, 3.8) is 0 Å². The normalized spacial score (nSPS) is 12.8. The van der Waals surface area contributed by atoms with Gasteiger partial charge in [0.1, 0.15) is 0 Å². The summed E-state index contributed by atoms with van der Waals surface area (Å²) in [5.74, 6) is 0. The van der Waals surface area contributed by atoms with E-state index in [2.05, 4.69) is 19.2 Å². The number of hydrogen-bond donors (Lipinski definition) is 1. The molecule has 0 aromatic heterocycles. The summed E-state index contributed by atoms with van der Waals surface area (Å²) < 4.78 is 10.5. The van der Waals surface area contributed by atoms with E-state index in [1.165, 1.54) is 44.9 Å². The highest BCUT2D eigenvalue weighted by Gasteiger charge is 2.07. The Bertz CT molecular complexity index is 151. The van der Waals surface area contributed by atoms with Crippen LogP contribution < -0.4 is 5.32 Å². The van der Waals surface area contributed by atoms with Crippen LogP contribution >= 0.6 is 0 Å². The molecule has 0 saturated heterocycles. The van der Waals surface area contributed by atoms with Crippen molar-refractivity contribution in [2.24, 2.45) is 0 Å². The predicted molar refractivity (Wildman–Crippen MR) is 82.8 cm³/mol. The molecule has 0 aromatic rings. The molecule has 1 unspecified atom stereocenters. The second kappa shape index (κ2) is 15.9. The minimum Gasteiger partial charge on any atom is -0.382 e. The Balaban J connectivity index is 3.57. The smallest absolute Gasteiger partial charge is 0.0700 e. The standard InChI is InChI=1S/C16H35NO2/c1-4-6-7-8-9-10-16(17-12-5-2)11-13-19-15-14-18-3/h16-17H,4-15H2,1-3H3. The fraction of sp³-hybridized carbons (Fsp3) is 1.00. The Labute approximate surface area is 120 Å². The van der Waals surface area contributed by atoms with Crippen molar-refractivity contribution in [1.29, 1.82) is 0 Å². The Hall–Kier alpha value is -0.120. The SMILES string of the molecule is CCCCCCCC(CCOCCOC)NCCC. The molecule has 0 saturated carbocycles. The maximum atomic E-state index is 5.56. The molecule has 0 amide bonds. The average molecular weight is 273 g/mol. The van der Waals surface area contributed by atoms with E-state index in [9.17, 15) is 0 Å². The molecule has 3 nitrogen and oxygen atoms in total. The van der Waals surface area contributed by atoms with Crippen LogP contribution in [-0.2, 0) is 9.47 Å². The van der Waals surface area contributed by atoms with E-state index in [0.29, 0.717) is 19.3 Å². The van der Waals surface area contributed by atoms with Crippen molar-refractivity contribution in [1.82, 2.24) is 5.32 Å². The molecule has 0 heterocycles. The second-order valence-electron chi connectivity index (χ2n) is 5.25. The molecule has 0 aromatic carbocycles. The van der Waals surface area contributed by atoms with Crippen molar-refractivity contribution >= 4 is 0 Å². The number of rotatable bonds is 15. The van der Waals surface area contributed by atoms with Gasteiger partial charge in [-0.3, -0.25) is 0 Å². The number of hydrogen-bond acceptors (Lipinski definition) is 3. The van der Waals surface area contributed by atoms with Crippen molar-refractivity contribution in [3.8, 4) is 0 Å². The highest BCUT2D eigenvalue weighted by Crippen LogP contribution is 2.09. The van der Waals surface area contributed by atoms with Gasteiger partial charge in [0.05, 0.1) is 13.2 Å². The molecular formula is C16H35NO2. The number of unbranched alkanes of at least 4 members (excludes halogenated alkanes) is 4. The molecule has 0 rings (SSSR count). The topological polar surface area (TPSA) is 30.5 Å². The second-order valence-corrected chi connectivity index (χ2v) is 5.25. The summed E-state index contributed by atoms with van der Waals surface area (Å²) >= 11 is 0. The van der Waals surface area contributed by atoms with E-state index < -0.39 is 0 Å². The Morgan fingerprint density at radius 2 is 1.63 bits per heavy atom. The van der Waals surface area contributed by atoms with Gasteiger partial charge in [0.2, 0.25) is 0 Å². The lowest BCUT2D eigenvalue weighted by atomic mass is 10.0. The summed E-state index contributed by atoms with van der Waals surface area (Å²) in [6, 6.07) is 0.629. The average Bonchev–Trinajstić information content (AvgIpc) is 2.43. The van der Waals surface area contributed by atoms with Gasteiger partial charge in [0, 0.05) is 19.8 Å². The van der Waals surface area contributed by atoms with Crippen LogP contribution in [0.2, 0.25) is 0 Å². The van der Waals surface area contributed by atoms with Crippen molar-refractivity contribution in [2.45, 2.75) is 71.3 Å². The molecule has 0 radical (unpaired) electrons. The third-order valence-corrected chi connectivity index (χ3v) is 3.38. The monoisotopic (exact) mass is 273 g/mol. The van der Waals surface area contributed by atoms with Gasteiger partial charge in [-0.1, -0.05) is 46.0 Å². The van der Waals surface area contributed by atoms with Crippen LogP contribution in [0.15, 0.2) is 0 Å². The number of methoxy groups -OCH3 is 1. The fourth-order valence-corrected chi connectivity index (χ4v) is 2.16. The maximum Gasteiger partial charge on any atom is 0.0700 e. The van der Waals surface area contributed by atoms with E-state index in [1.807, 2.05) is 0 Å². The first kappa shape index (κ1) is 18.9. The predicted octanol–water partition coefficient (Wildman–Crippen LogP) is 3.77. The van der Waals surface area contributed by atoms with Crippen LogP contribution in [0.4, 0.5) is 0 Å². The summed E-state index contributed by atoms with van der Waals surface area (Å²) in [5, 5.41) is 3.64. The molecular weight excluding hydrogens is 238 g/mol. The molecule has 0 fully saturated rings. The van der Waals surface area contributed by atoms with Crippen molar-refractivity contribution < 1.29 is 9.47 Å². The lowest BCUT2D eigenvalue weighted by Crippen LogP contribution is -2.31. The summed E-state index contributed by atoms with van der Waals surface area (Å²) in [7, 11) is 1.71. The maximum absolute atomic E-state index is 5.56. The fourth-order valence-electron chi connectivity index (χ4n) is 2.16. The summed E-state index contributed by atoms with van der Waals surface area (Å²) in [6.45, 7) is 7.87. The number of nitrogens with one attached hydrogen (secondary N) is 1. The third-order valence-electron chi connectivity index (χ3n) is 3.38. The van der Waals surface area contributed by atoms with E-state index in [-0.39, 0.29) is 0 Å². The highest BCUT2D eigenvalue weighted by atomic mass is 16.5. The minimum atomic E-state index is 0.629. The molecule has 0 spiro atoms. The third kappa shape index (κ3) is 14.1. The largest absolute Gasteiger partial charge is 0.382 e. The van der Waals surface area contributed by atoms with Crippen LogP contribution in [0, 0.1) is 0 Å². The van der Waals surface area contributed by atoms with Gasteiger partial charge in [0.25, 0.3) is 0 Å². The Morgan fingerprint density at radius 1 is 0.842 bits per heavy atom. The zero-order chi connectivity index (χ0) is 14.2. The minimum absolute atomic E-state index is 0.629. The van der Waals surface area contributed by atoms with Crippen LogP contribution in [0.25, 0.3) is 0 Å². The summed E-state index contributed by atoms with van der Waals surface area (Å²) in [5.41, 5.74) is 0. The van der Waals surface area contributed by atoms with E-state index in [0.717, 1.165) is 19.6 Å². The Kier molecular flexibility index (Phi) is 15.8. The van der Waals surface area contributed by atoms with Crippen LogP contribution in [0.3, 0.4) is 0 Å². The first-order valence-electron chi connectivity index (χ1n) is 8.15. The van der Waals surface area contributed by atoms with Gasteiger partial charge in [-0.25, -0.2) is 0 Å². The van der Waals surface area contributed by atoms with Crippen LogP contribution in [0.5, 0.6) is 0 Å². The van der Waals surface area contributed by atoms with Gasteiger partial charge in [0.15, 0.2) is 0 Å². The molecule has 0 bridgehead atoms. The van der Waals surface area contributed by atoms with Crippen LogP contribution in [-0.4, -0.2) is 39.5 Å². The van der Waals surface area contributed by atoms with E-state index >= 15 is 0 Å². The van der Waals surface area contributed by atoms with Crippen molar-refractivity contribution in [3.05, 3.63) is 0 Å². The first-order valence-corrected chi connectivity index (χ1v) is 8.15. The summed E-state index contributed by atoms with van der Waals surface area (Å²) in [6.07, 6.45) is 10.4. The molecule has 3 heteroatoms. The van der Waals surface area contributed by atoms with E-state index in [4.69, 9.17) is 9.47 Å². The highest BCUT2D eigenvalue weighted by molar-refractivity contribution is 4.66. The molecule has 0 aliphatic heterocycles. The van der Waals surface area contributed by atoms with Gasteiger partial charge < -0.3 is 14.8 Å². The summed E-state index contributed by atoms with van der Waals surface area (Å²) in [4.78, 5) is 0. The zero-order valence-electron chi connectivity index (χ0n) is 13.4.